The Kier molecular flexibility index (Phi) is 6.13. The van der Waals surface area contributed by atoms with Gasteiger partial charge in [0.15, 0.2) is 11.5 Å². The quantitative estimate of drug-likeness (QED) is 0.165. The Morgan fingerprint density at radius 3 is 1.79 bits per heavy atom. The van der Waals surface area contributed by atoms with Crippen LogP contribution >= 0.6 is 0 Å². The minimum Gasteiger partial charge on any atom is -0.453 e. The fourth-order valence-electron chi connectivity index (χ4n) is 10.4. The molecule has 0 amide bonds. The van der Waals surface area contributed by atoms with E-state index in [4.69, 9.17) is 4.74 Å². The van der Waals surface area contributed by atoms with Gasteiger partial charge in [-0.1, -0.05) is 140 Å². The lowest BCUT2D eigenvalue weighted by Gasteiger charge is -2.34. The highest BCUT2D eigenvalue weighted by molar-refractivity contribution is 6.26. The van der Waals surface area contributed by atoms with E-state index in [0.29, 0.717) is 0 Å². The van der Waals surface area contributed by atoms with E-state index in [0.717, 1.165) is 28.6 Å². The molecule has 1 heterocycles. The summed E-state index contributed by atoms with van der Waals surface area (Å²) in [6.45, 7) is 0. The zero-order valence-corrected chi connectivity index (χ0v) is 30.9. The minimum absolute atomic E-state index is 0.348. The van der Waals surface area contributed by atoms with E-state index in [1.807, 2.05) is 24.3 Å². The van der Waals surface area contributed by atoms with Gasteiger partial charge in [-0.3, -0.25) is 0 Å². The summed E-state index contributed by atoms with van der Waals surface area (Å²) >= 11 is 0. The zero-order chi connectivity index (χ0) is 37.2. The van der Waals surface area contributed by atoms with E-state index in [-0.39, 0.29) is 5.41 Å². The molecule has 0 bridgehead atoms. The van der Waals surface area contributed by atoms with Gasteiger partial charge in [-0.05, 0) is 148 Å². The molecule has 1 aliphatic heterocycles. The molecule has 0 atom stereocenters. The maximum Gasteiger partial charge on any atom is 0.151 e. The summed E-state index contributed by atoms with van der Waals surface area (Å²) in [5, 5.41) is 10.3. The fraction of sp³-hybridized carbons (Fsp3) is 0.0182. The smallest absolute Gasteiger partial charge is 0.151 e. The van der Waals surface area contributed by atoms with Crippen molar-refractivity contribution in [2.24, 2.45) is 0 Å². The van der Waals surface area contributed by atoms with E-state index >= 15 is 0 Å². The molecule has 3 aliphatic carbocycles. The number of allylic oxidation sites excluding steroid dienone is 4. The Labute approximate surface area is 329 Å². The summed E-state index contributed by atoms with van der Waals surface area (Å²) in [6, 6.07) is 64.4. The van der Waals surface area contributed by atoms with Crippen molar-refractivity contribution in [1.29, 1.82) is 0 Å². The van der Waals surface area contributed by atoms with Gasteiger partial charge in [0.05, 0.1) is 16.8 Å². The maximum atomic E-state index is 6.33. The molecule has 57 heavy (non-hydrogen) atoms. The molecule has 4 aliphatic rings. The van der Waals surface area contributed by atoms with Crippen LogP contribution in [0.5, 0.6) is 11.5 Å². The van der Waals surface area contributed by atoms with Crippen LogP contribution in [0.25, 0.3) is 66.2 Å². The van der Waals surface area contributed by atoms with Crippen molar-refractivity contribution in [2.75, 3.05) is 4.90 Å². The van der Waals surface area contributed by atoms with E-state index in [9.17, 15) is 0 Å². The Morgan fingerprint density at radius 2 is 1.05 bits per heavy atom. The number of para-hydroxylation sites is 4. The van der Waals surface area contributed by atoms with Crippen LogP contribution in [0.3, 0.4) is 0 Å². The normalized spacial score (nSPS) is 15.1. The van der Waals surface area contributed by atoms with E-state index in [1.54, 1.807) is 0 Å². The Balaban J connectivity index is 1.04. The lowest BCUT2D eigenvalue weighted by molar-refractivity contribution is 0.477. The third-order valence-electron chi connectivity index (χ3n) is 12.8. The summed E-state index contributed by atoms with van der Waals surface area (Å²) in [7, 11) is 0. The zero-order valence-electron chi connectivity index (χ0n) is 30.9. The molecule has 0 fully saturated rings. The highest BCUT2D eigenvalue weighted by Gasteiger charge is 2.46. The van der Waals surface area contributed by atoms with Crippen molar-refractivity contribution in [3.8, 4) is 33.8 Å². The highest BCUT2D eigenvalue weighted by Crippen LogP contribution is 2.57. The standard InChI is InChI=1S/C55H33NO/c1-2-17-40-39(16-1)45-31-35(34-13-11-15-38(30-34)56-50-22-7-9-24-52(50)57-53-25-10-8-23-51(53)56)26-27-41(45)47-33-44-37(32-46(40)47)29-36-14-12-28-55(54(36)44)48-20-5-3-18-42(48)43-19-4-6-21-49(43)55/h1-33H. The van der Waals surface area contributed by atoms with Gasteiger partial charge in [-0.25, -0.2) is 0 Å². The molecule has 0 saturated heterocycles. The molecule has 0 saturated carbocycles. The van der Waals surface area contributed by atoms with Crippen LogP contribution in [0.4, 0.5) is 17.1 Å². The first-order chi connectivity index (χ1) is 28.2. The molecule has 1 spiro atoms. The predicted molar refractivity (Wildman–Crippen MR) is 236 cm³/mol. The molecule has 13 rings (SSSR count). The van der Waals surface area contributed by atoms with Crippen LogP contribution in [0, 0.1) is 0 Å². The van der Waals surface area contributed by atoms with Crippen LogP contribution in [0.15, 0.2) is 200 Å². The number of fused-ring (bicyclic) bond motifs is 16. The summed E-state index contributed by atoms with van der Waals surface area (Å²) in [6.07, 6.45) is 9.44. The summed E-state index contributed by atoms with van der Waals surface area (Å²) in [5.41, 5.74) is 13.2. The molecule has 0 N–H and O–H groups in total. The van der Waals surface area contributed by atoms with E-state index in [1.165, 1.54) is 87.3 Å². The monoisotopic (exact) mass is 723 g/mol. The van der Waals surface area contributed by atoms with Gasteiger partial charge < -0.3 is 9.64 Å². The highest BCUT2D eigenvalue weighted by atomic mass is 16.5. The first kappa shape index (κ1) is 30.9. The van der Waals surface area contributed by atoms with Gasteiger partial charge in [0.1, 0.15) is 0 Å². The van der Waals surface area contributed by atoms with Crippen molar-refractivity contribution in [3.05, 3.63) is 221 Å². The number of hydrogen-bond donors (Lipinski definition) is 0. The van der Waals surface area contributed by atoms with Gasteiger partial charge in [0, 0.05) is 5.69 Å². The van der Waals surface area contributed by atoms with Gasteiger partial charge in [0.25, 0.3) is 0 Å². The maximum absolute atomic E-state index is 6.33. The third kappa shape index (κ3) is 4.14. The van der Waals surface area contributed by atoms with E-state index in [2.05, 4.69) is 181 Å². The molecule has 2 heteroatoms. The number of benzene rings is 9. The predicted octanol–water partition coefficient (Wildman–Crippen LogP) is 12.8. The van der Waals surface area contributed by atoms with Crippen molar-refractivity contribution < 1.29 is 4.74 Å². The molecule has 264 valence electrons. The molecule has 9 aromatic carbocycles. The minimum atomic E-state index is -0.348. The first-order valence-corrected chi connectivity index (χ1v) is 19.8. The summed E-state index contributed by atoms with van der Waals surface area (Å²) < 4.78 is 6.33. The van der Waals surface area contributed by atoms with Gasteiger partial charge >= 0.3 is 0 Å². The molecule has 0 aromatic heterocycles. The van der Waals surface area contributed by atoms with Crippen molar-refractivity contribution in [2.45, 2.75) is 5.41 Å². The Bertz CT molecular complexity index is 3370. The number of nitrogens with zero attached hydrogens (tertiary/aromatic N) is 1. The van der Waals surface area contributed by atoms with Crippen LogP contribution in [-0.4, -0.2) is 0 Å². The lowest BCUT2D eigenvalue weighted by Crippen LogP contribution is -2.33. The molecule has 0 radical (unpaired) electrons. The second-order valence-electron chi connectivity index (χ2n) is 15.6. The number of rotatable bonds is 2. The summed E-state index contributed by atoms with van der Waals surface area (Å²) in [5.74, 6) is 1.71. The Morgan fingerprint density at radius 1 is 0.456 bits per heavy atom. The molecule has 0 unspecified atom stereocenters. The van der Waals surface area contributed by atoms with E-state index < -0.39 is 0 Å². The van der Waals surface area contributed by atoms with Crippen LogP contribution in [-0.2, 0) is 5.41 Å². The third-order valence-corrected chi connectivity index (χ3v) is 12.8. The van der Waals surface area contributed by atoms with Crippen molar-refractivity contribution in [3.63, 3.8) is 0 Å². The first-order valence-electron chi connectivity index (χ1n) is 19.8. The lowest BCUT2D eigenvalue weighted by atomic mass is 9.67. The average molecular weight is 724 g/mol. The Hall–Kier alpha value is -7.42. The number of ether oxygens (including phenoxy) is 1. The summed E-state index contributed by atoms with van der Waals surface area (Å²) in [4.78, 5) is 2.31. The second kappa shape index (κ2) is 11.3. The fourth-order valence-corrected chi connectivity index (χ4v) is 10.4. The van der Waals surface area contributed by atoms with Crippen LogP contribution in [0.1, 0.15) is 11.1 Å². The second-order valence-corrected chi connectivity index (χ2v) is 15.6. The average Bonchev–Trinajstić information content (AvgIpc) is 3.78. The van der Waals surface area contributed by atoms with Gasteiger partial charge in [-0.15, -0.1) is 0 Å². The molecular weight excluding hydrogens is 691 g/mol. The number of anilines is 3. The van der Waals surface area contributed by atoms with Crippen molar-refractivity contribution in [1.82, 2.24) is 0 Å². The number of hydrogen-bond acceptors (Lipinski definition) is 2. The van der Waals surface area contributed by atoms with Gasteiger partial charge in [0.2, 0.25) is 0 Å². The van der Waals surface area contributed by atoms with Crippen LogP contribution < -0.4 is 20.1 Å². The van der Waals surface area contributed by atoms with Crippen LogP contribution in [0.2, 0.25) is 0 Å². The molecular formula is C55H33NO. The van der Waals surface area contributed by atoms with Gasteiger partial charge in [-0.2, -0.15) is 0 Å². The molecule has 2 nitrogen and oxygen atoms in total. The SMILES string of the molecule is C1=CC2(C3=c4cc5c6ccc(-c7cccc(N8c9ccccc9Oc9ccccc98)c7)cc6c6ccccc6c5cc4=CC3=C1)c1ccccc1-c1ccccc12. The molecule has 9 aromatic rings. The largest absolute Gasteiger partial charge is 0.453 e. The van der Waals surface area contributed by atoms with Crippen molar-refractivity contribution >= 4 is 61.0 Å². The topological polar surface area (TPSA) is 12.5 Å².